The second kappa shape index (κ2) is 12.8. The number of nitrogens with one attached hydrogen (secondary N) is 2. The van der Waals surface area contributed by atoms with E-state index < -0.39 is 0 Å². The van der Waals surface area contributed by atoms with Crippen molar-refractivity contribution in [1.82, 2.24) is 25.4 Å². The highest BCUT2D eigenvalue weighted by molar-refractivity contribution is 5.79. The summed E-state index contributed by atoms with van der Waals surface area (Å²) in [5.74, 6) is 1.79. The molecule has 0 atom stereocenters. The largest absolute Gasteiger partial charge is 0.383 e. The van der Waals surface area contributed by atoms with Crippen LogP contribution in [-0.2, 0) is 17.7 Å². The van der Waals surface area contributed by atoms with Crippen molar-refractivity contribution >= 4 is 11.6 Å². The van der Waals surface area contributed by atoms with Gasteiger partial charge in [-0.05, 0) is 31.5 Å². The van der Waals surface area contributed by atoms with E-state index in [1.54, 1.807) is 13.4 Å². The normalized spacial score (nSPS) is 11.5. The number of aryl methyl sites for hydroxylation is 2. The molecule has 0 radical (unpaired) electrons. The smallest absolute Gasteiger partial charge is 0.191 e. The Bertz CT molecular complexity index is 744. The van der Waals surface area contributed by atoms with Crippen LogP contribution >= 0.6 is 0 Å². The highest BCUT2D eigenvalue weighted by atomic mass is 16.5. The number of ether oxygens (including phenoxy) is 1. The van der Waals surface area contributed by atoms with Crippen molar-refractivity contribution < 1.29 is 4.74 Å². The minimum atomic E-state index is 0.600. The Morgan fingerprint density at radius 2 is 2.07 bits per heavy atom. The standard InChI is InChI=1S/C21H35N7O/c1-5-20-26-25-17-28(20)14-11-23-21(24-12-15-29-4)22-10-13-27(6-2)19-9-7-8-18(3)16-19/h7-9,16-17H,5-6,10-15H2,1-4H3,(H2,22,23,24). The average Bonchev–Trinajstić information content (AvgIpc) is 3.18. The third-order valence-corrected chi connectivity index (χ3v) is 4.65. The first-order valence-corrected chi connectivity index (χ1v) is 10.4. The van der Waals surface area contributed by atoms with E-state index in [4.69, 9.17) is 4.74 Å². The van der Waals surface area contributed by atoms with Gasteiger partial charge >= 0.3 is 0 Å². The minimum Gasteiger partial charge on any atom is -0.383 e. The highest BCUT2D eigenvalue weighted by Gasteiger charge is 2.06. The number of guanidine groups is 1. The molecule has 0 spiro atoms. The number of hydrogen-bond donors (Lipinski definition) is 2. The number of rotatable bonds is 12. The fourth-order valence-electron chi connectivity index (χ4n) is 3.06. The van der Waals surface area contributed by atoms with Crippen LogP contribution in [0.2, 0.25) is 0 Å². The quantitative estimate of drug-likeness (QED) is 0.321. The van der Waals surface area contributed by atoms with Crippen molar-refractivity contribution in [2.45, 2.75) is 33.7 Å². The lowest BCUT2D eigenvalue weighted by Crippen LogP contribution is -2.43. The third kappa shape index (κ3) is 7.73. The van der Waals surface area contributed by atoms with Gasteiger partial charge in [-0.15, -0.1) is 10.2 Å². The molecule has 160 valence electrons. The number of likely N-dealkylation sites (N-methyl/N-ethyl adjacent to an activating group) is 1. The molecule has 0 amide bonds. The maximum atomic E-state index is 5.12. The van der Waals surface area contributed by atoms with Gasteiger partial charge in [0.25, 0.3) is 0 Å². The van der Waals surface area contributed by atoms with Gasteiger partial charge in [0.2, 0.25) is 0 Å². The van der Waals surface area contributed by atoms with E-state index in [9.17, 15) is 0 Å². The molecule has 0 aliphatic rings. The van der Waals surface area contributed by atoms with E-state index in [1.807, 2.05) is 0 Å². The van der Waals surface area contributed by atoms with E-state index >= 15 is 0 Å². The molecule has 2 rings (SSSR count). The molecule has 29 heavy (non-hydrogen) atoms. The molecule has 1 heterocycles. The molecule has 2 N–H and O–H groups in total. The van der Waals surface area contributed by atoms with Crippen LogP contribution in [0.3, 0.4) is 0 Å². The summed E-state index contributed by atoms with van der Waals surface area (Å²) in [4.78, 5) is 6.95. The van der Waals surface area contributed by atoms with Gasteiger partial charge in [-0.1, -0.05) is 19.1 Å². The lowest BCUT2D eigenvalue weighted by atomic mass is 10.2. The summed E-state index contributed by atoms with van der Waals surface area (Å²) in [5, 5.41) is 14.9. The molecular weight excluding hydrogens is 366 g/mol. The number of aromatic nitrogens is 3. The van der Waals surface area contributed by atoms with Crippen molar-refractivity contribution in [3.05, 3.63) is 42.0 Å². The number of hydrogen-bond acceptors (Lipinski definition) is 5. The maximum absolute atomic E-state index is 5.12. The van der Waals surface area contributed by atoms with Gasteiger partial charge in [-0.2, -0.15) is 0 Å². The van der Waals surface area contributed by atoms with Crippen LogP contribution in [0.25, 0.3) is 0 Å². The average molecular weight is 402 g/mol. The first kappa shape index (κ1) is 22.7. The molecule has 1 aromatic carbocycles. The SMILES string of the molecule is CCc1nncn1CCNC(=NCCOC)NCCN(CC)c1cccc(C)c1. The Hall–Kier alpha value is -2.61. The van der Waals surface area contributed by atoms with Crippen molar-refractivity contribution in [2.24, 2.45) is 4.99 Å². The molecule has 0 fully saturated rings. The topological polar surface area (TPSA) is 79.6 Å². The zero-order chi connectivity index (χ0) is 20.9. The van der Waals surface area contributed by atoms with Crippen LogP contribution in [0.1, 0.15) is 25.2 Å². The Morgan fingerprint density at radius 3 is 2.79 bits per heavy atom. The van der Waals surface area contributed by atoms with Crippen molar-refractivity contribution in [3.8, 4) is 0 Å². The summed E-state index contributed by atoms with van der Waals surface area (Å²) < 4.78 is 7.19. The predicted molar refractivity (Wildman–Crippen MR) is 119 cm³/mol. The zero-order valence-corrected chi connectivity index (χ0v) is 18.2. The number of nitrogens with zero attached hydrogens (tertiary/aromatic N) is 5. The maximum Gasteiger partial charge on any atom is 0.191 e. The van der Waals surface area contributed by atoms with Gasteiger partial charge in [-0.3, -0.25) is 4.99 Å². The van der Waals surface area contributed by atoms with E-state index in [-0.39, 0.29) is 0 Å². The number of aliphatic imine (C=N–C) groups is 1. The Kier molecular flexibility index (Phi) is 9.99. The van der Waals surface area contributed by atoms with Gasteiger partial charge < -0.3 is 24.8 Å². The first-order valence-electron chi connectivity index (χ1n) is 10.4. The van der Waals surface area contributed by atoms with Crippen LogP contribution in [-0.4, -0.2) is 67.2 Å². The molecule has 8 heteroatoms. The van der Waals surface area contributed by atoms with Gasteiger partial charge in [0, 0.05) is 51.9 Å². The van der Waals surface area contributed by atoms with Crippen LogP contribution in [0, 0.1) is 6.92 Å². The van der Waals surface area contributed by atoms with Crippen LogP contribution in [0.4, 0.5) is 5.69 Å². The second-order valence-corrected chi connectivity index (χ2v) is 6.79. The number of anilines is 1. The monoisotopic (exact) mass is 401 g/mol. The Labute approximate surface area is 174 Å². The van der Waals surface area contributed by atoms with E-state index in [2.05, 4.69) is 80.3 Å². The minimum absolute atomic E-state index is 0.600. The highest BCUT2D eigenvalue weighted by Crippen LogP contribution is 2.14. The van der Waals surface area contributed by atoms with Crippen LogP contribution < -0.4 is 15.5 Å². The van der Waals surface area contributed by atoms with Gasteiger partial charge in [-0.25, -0.2) is 0 Å². The second-order valence-electron chi connectivity index (χ2n) is 6.79. The van der Waals surface area contributed by atoms with Crippen molar-refractivity contribution in [3.63, 3.8) is 0 Å². The van der Waals surface area contributed by atoms with Gasteiger partial charge in [0.1, 0.15) is 12.2 Å². The van der Waals surface area contributed by atoms with Gasteiger partial charge in [0.05, 0.1) is 13.2 Å². The predicted octanol–water partition coefficient (Wildman–Crippen LogP) is 1.86. The molecule has 0 aliphatic heterocycles. The van der Waals surface area contributed by atoms with Crippen molar-refractivity contribution in [2.75, 3.05) is 51.3 Å². The molecule has 8 nitrogen and oxygen atoms in total. The summed E-state index contributed by atoms with van der Waals surface area (Å²) in [6.45, 7) is 11.8. The third-order valence-electron chi connectivity index (χ3n) is 4.65. The molecule has 0 saturated heterocycles. The molecule has 0 aliphatic carbocycles. The summed E-state index contributed by atoms with van der Waals surface area (Å²) in [7, 11) is 1.69. The fourth-order valence-corrected chi connectivity index (χ4v) is 3.06. The summed E-state index contributed by atoms with van der Waals surface area (Å²) >= 11 is 0. The first-order chi connectivity index (χ1) is 14.2. The van der Waals surface area contributed by atoms with Gasteiger partial charge in [0.15, 0.2) is 5.96 Å². The molecule has 0 saturated carbocycles. The summed E-state index contributed by atoms with van der Waals surface area (Å²) in [6.07, 6.45) is 2.65. The van der Waals surface area contributed by atoms with Crippen LogP contribution in [0.15, 0.2) is 35.6 Å². The number of benzene rings is 1. The molecule has 0 bridgehead atoms. The molecule has 1 aromatic heterocycles. The molecule has 2 aromatic rings. The molecular formula is C21H35N7O. The van der Waals surface area contributed by atoms with E-state index in [0.29, 0.717) is 13.2 Å². The Balaban J connectivity index is 1.86. The van der Waals surface area contributed by atoms with Crippen LogP contribution in [0.5, 0.6) is 0 Å². The lowest BCUT2D eigenvalue weighted by molar-refractivity contribution is 0.208. The number of methoxy groups -OCH3 is 1. The summed E-state index contributed by atoms with van der Waals surface area (Å²) in [5.41, 5.74) is 2.53. The van der Waals surface area contributed by atoms with E-state index in [1.165, 1.54) is 11.3 Å². The molecule has 0 unspecified atom stereocenters. The van der Waals surface area contributed by atoms with Crippen molar-refractivity contribution in [1.29, 1.82) is 0 Å². The Morgan fingerprint density at radius 1 is 1.24 bits per heavy atom. The zero-order valence-electron chi connectivity index (χ0n) is 18.2. The van der Waals surface area contributed by atoms with E-state index in [0.717, 1.165) is 50.9 Å². The lowest BCUT2D eigenvalue weighted by Gasteiger charge is -2.24. The summed E-state index contributed by atoms with van der Waals surface area (Å²) in [6, 6.07) is 8.61. The fraction of sp³-hybridized carbons (Fsp3) is 0.571.